The van der Waals surface area contributed by atoms with Gasteiger partial charge in [-0.05, 0) is 36.0 Å². The fourth-order valence-electron chi connectivity index (χ4n) is 4.97. The Morgan fingerprint density at radius 1 is 0.613 bits per heavy atom. The topological polar surface area (TPSA) is 50.8 Å². The van der Waals surface area contributed by atoms with Gasteiger partial charge in [-0.2, -0.15) is 10.5 Å². The predicted octanol–water partition coefficient (Wildman–Crippen LogP) is 5.68. The highest BCUT2D eigenvalue weighted by Gasteiger charge is 2.52. The molecule has 0 aromatic heterocycles. The van der Waals surface area contributed by atoms with Crippen LogP contribution in [0, 0.1) is 22.7 Å². The number of hydrogen-bond acceptors (Lipinski definition) is 3. The van der Waals surface area contributed by atoms with Crippen molar-refractivity contribution in [3.63, 3.8) is 0 Å². The summed E-state index contributed by atoms with van der Waals surface area (Å²) in [7, 11) is 0. The zero-order valence-corrected chi connectivity index (χ0v) is 17.7. The van der Waals surface area contributed by atoms with Gasteiger partial charge in [-0.1, -0.05) is 91.0 Å². The Morgan fingerprint density at radius 3 is 1.39 bits per heavy atom. The third-order valence-electron chi connectivity index (χ3n) is 6.49. The maximum absolute atomic E-state index is 10.5. The molecule has 154 valence electrons. The first-order valence-electron chi connectivity index (χ1n) is 10.9. The molecule has 0 amide bonds. The van der Waals surface area contributed by atoms with Gasteiger partial charge in [-0.25, -0.2) is 0 Å². The number of rotatable bonds is 6. The number of piperidine rings is 1. The van der Waals surface area contributed by atoms with Crippen LogP contribution in [0.1, 0.15) is 36.0 Å². The van der Waals surface area contributed by atoms with Crippen molar-refractivity contribution in [1.82, 2.24) is 4.90 Å². The van der Waals surface area contributed by atoms with Crippen LogP contribution in [0.15, 0.2) is 91.0 Å². The van der Waals surface area contributed by atoms with Crippen molar-refractivity contribution >= 4 is 0 Å². The van der Waals surface area contributed by atoms with Crippen molar-refractivity contribution in [3.8, 4) is 12.1 Å². The summed E-state index contributed by atoms with van der Waals surface area (Å²) in [5, 5.41) is 21.1. The Labute approximate surface area is 185 Å². The lowest BCUT2D eigenvalue weighted by Gasteiger charge is -2.52. The molecule has 4 rings (SSSR count). The normalized spacial score (nSPS) is 23.5. The smallest absolute Gasteiger partial charge is 0.114 e. The van der Waals surface area contributed by atoms with Crippen LogP contribution in [-0.2, 0) is 19.4 Å². The molecule has 0 spiro atoms. The van der Waals surface area contributed by atoms with Gasteiger partial charge in [0.05, 0.1) is 12.1 Å². The minimum absolute atomic E-state index is 0.585. The van der Waals surface area contributed by atoms with Gasteiger partial charge in [0, 0.05) is 19.4 Å². The zero-order chi connectivity index (χ0) is 21.6. The van der Waals surface area contributed by atoms with E-state index < -0.39 is 11.1 Å². The lowest BCUT2D eigenvalue weighted by Crippen LogP contribution is -2.64. The van der Waals surface area contributed by atoms with Crippen LogP contribution in [0.2, 0.25) is 0 Å². The quantitative estimate of drug-likeness (QED) is 0.530. The minimum Gasteiger partial charge on any atom is -0.262 e. The summed E-state index contributed by atoms with van der Waals surface area (Å²) < 4.78 is 0. The Bertz CT molecular complexity index is 998. The second kappa shape index (κ2) is 9.17. The van der Waals surface area contributed by atoms with Crippen LogP contribution in [0.4, 0.5) is 0 Å². The first-order valence-corrected chi connectivity index (χ1v) is 10.9. The monoisotopic (exact) mass is 405 g/mol. The van der Waals surface area contributed by atoms with Crippen LogP contribution in [0.3, 0.4) is 0 Å². The second-order valence-electron chi connectivity index (χ2n) is 8.54. The molecule has 0 aliphatic carbocycles. The summed E-state index contributed by atoms with van der Waals surface area (Å²) in [5.41, 5.74) is 1.95. The minimum atomic E-state index is -0.722. The molecule has 3 aromatic carbocycles. The maximum atomic E-state index is 10.5. The van der Waals surface area contributed by atoms with Crippen molar-refractivity contribution in [1.29, 1.82) is 10.5 Å². The van der Waals surface area contributed by atoms with E-state index in [1.807, 2.05) is 54.6 Å². The van der Waals surface area contributed by atoms with Crippen LogP contribution in [-0.4, -0.2) is 16.0 Å². The molecule has 1 heterocycles. The summed E-state index contributed by atoms with van der Waals surface area (Å²) >= 11 is 0. The molecule has 2 atom stereocenters. The number of hydrogen-bond donors (Lipinski definition) is 0. The SMILES string of the molecule is N#CC1(Cc2ccccc2)CCCC(C#N)(Cc2ccccc2)N1Cc1ccccc1. The molecule has 3 heteroatoms. The molecular weight excluding hydrogens is 378 g/mol. The molecule has 1 saturated heterocycles. The van der Waals surface area contributed by atoms with Crippen LogP contribution in [0.25, 0.3) is 0 Å². The zero-order valence-electron chi connectivity index (χ0n) is 17.7. The Kier molecular flexibility index (Phi) is 6.17. The molecule has 0 radical (unpaired) electrons. The summed E-state index contributed by atoms with van der Waals surface area (Å²) in [6.45, 7) is 0.585. The number of nitriles is 2. The number of nitrogens with zero attached hydrogens (tertiary/aromatic N) is 3. The molecule has 31 heavy (non-hydrogen) atoms. The standard InChI is InChI=1S/C28H27N3/c29-22-27(19-24-11-4-1-5-12-24)17-10-18-28(23-30,20-25-13-6-2-7-14-25)31(27)21-26-15-8-3-9-16-26/h1-9,11-16H,10,17-21H2. The van der Waals surface area contributed by atoms with Gasteiger partial charge < -0.3 is 0 Å². The van der Waals surface area contributed by atoms with Crippen LogP contribution in [0.5, 0.6) is 0 Å². The van der Waals surface area contributed by atoms with E-state index in [1.54, 1.807) is 0 Å². The molecule has 0 saturated carbocycles. The highest BCUT2D eigenvalue weighted by Crippen LogP contribution is 2.43. The fraction of sp³-hybridized carbons (Fsp3) is 0.286. The van der Waals surface area contributed by atoms with Gasteiger partial charge in [-0.15, -0.1) is 0 Å². The lowest BCUT2D eigenvalue weighted by molar-refractivity contribution is -0.0120. The first-order chi connectivity index (χ1) is 15.2. The van der Waals surface area contributed by atoms with E-state index in [0.717, 1.165) is 36.0 Å². The van der Waals surface area contributed by atoms with Gasteiger partial charge in [0.1, 0.15) is 11.1 Å². The highest BCUT2D eigenvalue weighted by molar-refractivity contribution is 5.32. The number of likely N-dealkylation sites (tertiary alicyclic amines) is 1. The summed E-state index contributed by atoms with van der Waals surface area (Å²) in [5.74, 6) is 0. The first kappa shape index (κ1) is 20.9. The average Bonchev–Trinajstić information content (AvgIpc) is 2.83. The van der Waals surface area contributed by atoms with Crippen molar-refractivity contribution in [2.24, 2.45) is 0 Å². The van der Waals surface area contributed by atoms with Crippen molar-refractivity contribution in [2.75, 3.05) is 0 Å². The molecule has 1 aliphatic heterocycles. The highest BCUT2D eigenvalue weighted by atomic mass is 15.3. The van der Waals surface area contributed by atoms with Crippen molar-refractivity contribution in [2.45, 2.75) is 49.7 Å². The van der Waals surface area contributed by atoms with Gasteiger partial charge in [-0.3, -0.25) is 4.90 Å². The number of benzene rings is 3. The van der Waals surface area contributed by atoms with Gasteiger partial charge in [0.15, 0.2) is 0 Å². The Balaban J connectivity index is 1.79. The van der Waals surface area contributed by atoms with E-state index in [-0.39, 0.29) is 0 Å². The average molecular weight is 406 g/mol. The third-order valence-corrected chi connectivity index (χ3v) is 6.49. The van der Waals surface area contributed by atoms with E-state index in [0.29, 0.717) is 19.4 Å². The van der Waals surface area contributed by atoms with Gasteiger partial charge in [0.2, 0.25) is 0 Å². The molecular formula is C28H27N3. The molecule has 3 aromatic rings. The van der Waals surface area contributed by atoms with Crippen molar-refractivity contribution < 1.29 is 0 Å². The lowest BCUT2D eigenvalue weighted by atomic mass is 9.72. The van der Waals surface area contributed by atoms with Gasteiger partial charge >= 0.3 is 0 Å². The second-order valence-corrected chi connectivity index (χ2v) is 8.54. The molecule has 2 unspecified atom stereocenters. The summed E-state index contributed by atoms with van der Waals surface area (Å²) in [6.07, 6.45) is 3.64. The third kappa shape index (κ3) is 4.38. The van der Waals surface area contributed by atoms with E-state index in [2.05, 4.69) is 53.4 Å². The van der Waals surface area contributed by atoms with Gasteiger partial charge in [0.25, 0.3) is 0 Å². The molecule has 1 aliphatic rings. The largest absolute Gasteiger partial charge is 0.262 e. The van der Waals surface area contributed by atoms with E-state index in [4.69, 9.17) is 0 Å². The van der Waals surface area contributed by atoms with Crippen LogP contribution < -0.4 is 0 Å². The predicted molar refractivity (Wildman–Crippen MR) is 123 cm³/mol. The van der Waals surface area contributed by atoms with E-state index >= 15 is 0 Å². The summed E-state index contributed by atoms with van der Waals surface area (Å²) in [4.78, 5) is 2.22. The Morgan fingerprint density at radius 2 is 1.00 bits per heavy atom. The Hall–Kier alpha value is -3.40. The maximum Gasteiger partial charge on any atom is 0.114 e. The van der Waals surface area contributed by atoms with E-state index in [9.17, 15) is 10.5 Å². The van der Waals surface area contributed by atoms with Crippen molar-refractivity contribution in [3.05, 3.63) is 108 Å². The fourth-order valence-corrected chi connectivity index (χ4v) is 4.97. The molecule has 1 fully saturated rings. The van der Waals surface area contributed by atoms with Crippen LogP contribution >= 0.6 is 0 Å². The molecule has 0 bridgehead atoms. The summed E-state index contributed by atoms with van der Waals surface area (Å²) in [6, 6.07) is 36.0. The molecule has 0 N–H and O–H groups in total. The molecule has 3 nitrogen and oxygen atoms in total. The van der Waals surface area contributed by atoms with E-state index in [1.165, 1.54) is 0 Å².